The number of rotatable bonds is 4. The Labute approximate surface area is 88.6 Å². The van der Waals surface area contributed by atoms with Crippen LogP contribution in [0.5, 0.6) is 0 Å². The van der Waals surface area contributed by atoms with Gasteiger partial charge in [0.15, 0.2) is 5.82 Å². The second kappa shape index (κ2) is 4.67. The van der Waals surface area contributed by atoms with Crippen molar-refractivity contribution in [2.75, 3.05) is 0 Å². The van der Waals surface area contributed by atoms with Gasteiger partial charge >= 0.3 is 0 Å². The van der Waals surface area contributed by atoms with Gasteiger partial charge in [0.1, 0.15) is 0 Å². The fourth-order valence-corrected chi connectivity index (χ4v) is 2.31. The average molecular weight is 232 g/mol. The van der Waals surface area contributed by atoms with Gasteiger partial charge in [0.25, 0.3) is 10.0 Å². The Bertz CT molecular complexity index is 433. The molecule has 1 heterocycles. The molecule has 4 nitrogen and oxygen atoms in total. The molecule has 1 aromatic rings. The van der Waals surface area contributed by atoms with E-state index in [2.05, 4.69) is 9.71 Å². The Hall–Kier alpha value is -1.01. The molecule has 1 aromatic heterocycles. The highest BCUT2D eigenvalue weighted by Crippen LogP contribution is 2.10. The van der Waals surface area contributed by atoms with Crippen LogP contribution in [-0.2, 0) is 10.0 Å². The number of nitrogens with zero attached hydrogens (tertiary/aromatic N) is 1. The molecule has 1 rings (SSSR count). The maximum atomic E-state index is 13.2. The molecule has 0 spiro atoms. The van der Waals surface area contributed by atoms with Crippen molar-refractivity contribution in [1.29, 1.82) is 0 Å². The molecule has 0 amide bonds. The van der Waals surface area contributed by atoms with Crippen molar-refractivity contribution in [2.24, 2.45) is 0 Å². The summed E-state index contributed by atoms with van der Waals surface area (Å²) in [5.74, 6) is -0.840. The maximum absolute atomic E-state index is 13.2. The third-order valence-corrected chi connectivity index (χ3v) is 3.47. The molecule has 0 saturated carbocycles. The molecule has 6 heteroatoms. The van der Waals surface area contributed by atoms with Gasteiger partial charge in [0, 0.05) is 12.2 Å². The Morgan fingerprint density at radius 3 is 2.80 bits per heavy atom. The second-order valence-electron chi connectivity index (χ2n) is 3.22. The molecule has 1 unspecified atom stereocenters. The fourth-order valence-electron chi connectivity index (χ4n) is 0.973. The summed E-state index contributed by atoms with van der Waals surface area (Å²) in [7, 11) is -3.84. The first-order valence-electron chi connectivity index (χ1n) is 4.60. The van der Waals surface area contributed by atoms with Crippen LogP contribution >= 0.6 is 0 Å². The van der Waals surface area contributed by atoms with Gasteiger partial charge in [-0.3, -0.25) is 0 Å². The van der Waals surface area contributed by atoms with E-state index < -0.39 is 20.9 Å². The van der Waals surface area contributed by atoms with E-state index >= 15 is 0 Å². The summed E-state index contributed by atoms with van der Waals surface area (Å²) in [4.78, 5) is 3.51. The van der Waals surface area contributed by atoms with Crippen molar-refractivity contribution in [1.82, 2.24) is 9.71 Å². The number of hydrogen-bond donors (Lipinski definition) is 1. The van der Waals surface area contributed by atoms with E-state index in [9.17, 15) is 12.8 Å². The molecule has 0 saturated heterocycles. The van der Waals surface area contributed by atoms with Crippen molar-refractivity contribution in [3.63, 3.8) is 0 Å². The Balaban J connectivity index is 3.02. The summed E-state index contributed by atoms with van der Waals surface area (Å²) in [6.45, 7) is 3.54. The van der Waals surface area contributed by atoms with Gasteiger partial charge in [-0.2, -0.15) is 0 Å². The van der Waals surface area contributed by atoms with Crippen molar-refractivity contribution in [2.45, 2.75) is 31.3 Å². The zero-order chi connectivity index (χ0) is 11.5. The van der Waals surface area contributed by atoms with E-state index in [0.29, 0.717) is 6.42 Å². The first-order chi connectivity index (χ1) is 6.97. The third kappa shape index (κ3) is 2.97. The molecule has 15 heavy (non-hydrogen) atoms. The average Bonchev–Trinajstić information content (AvgIpc) is 2.17. The summed E-state index contributed by atoms with van der Waals surface area (Å²) >= 11 is 0. The number of aromatic nitrogens is 1. The molecule has 0 bridgehead atoms. The van der Waals surface area contributed by atoms with E-state index in [-0.39, 0.29) is 6.04 Å². The number of pyridine rings is 1. The number of nitrogens with one attached hydrogen (secondary N) is 1. The van der Waals surface area contributed by atoms with Gasteiger partial charge in [0.05, 0.1) is 0 Å². The van der Waals surface area contributed by atoms with Crippen LogP contribution in [0, 0.1) is 5.82 Å². The quantitative estimate of drug-likeness (QED) is 0.851. The summed E-state index contributed by atoms with van der Waals surface area (Å²) < 4.78 is 38.7. The lowest BCUT2D eigenvalue weighted by atomic mass is 10.3. The van der Waals surface area contributed by atoms with Gasteiger partial charge in [-0.1, -0.05) is 6.92 Å². The van der Waals surface area contributed by atoms with Crippen molar-refractivity contribution < 1.29 is 12.8 Å². The van der Waals surface area contributed by atoms with E-state index in [1.165, 1.54) is 12.3 Å². The van der Waals surface area contributed by atoms with Gasteiger partial charge in [-0.15, -0.1) is 0 Å². The molecule has 0 aliphatic rings. The molecule has 0 aliphatic heterocycles. The van der Waals surface area contributed by atoms with Gasteiger partial charge < -0.3 is 0 Å². The molecule has 1 atom stereocenters. The largest absolute Gasteiger partial charge is 0.261 e. The lowest BCUT2D eigenvalue weighted by Gasteiger charge is -2.11. The van der Waals surface area contributed by atoms with E-state index in [4.69, 9.17) is 0 Å². The lowest BCUT2D eigenvalue weighted by Crippen LogP contribution is -2.33. The van der Waals surface area contributed by atoms with Crippen molar-refractivity contribution in [3.05, 3.63) is 24.1 Å². The number of hydrogen-bond acceptors (Lipinski definition) is 3. The van der Waals surface area contributed by atoms with Crippen LogP contribution in [0.3, 0.4) is 0 Å². The lowest BCUT2D eigenvalue weighted by molar-refractivity contribution is 0.529. The highest BCUT2D eigenvalue weighted by molar-refractivity contribution is 7.89. The van der Waals surface area contributed by atoms with Gasteiger partial charge in [-0.05, 0) is 25.5 Å². The molecule has 0 radical (unpaired) electrons. The molecular formula is C9H13FN2O2S. The second-order valence-corrected chi connectivity index (χ2v) is 4.85. The van der Waals surface area contributed by atoms with E-state index in [1.54, 1.807) is 6.92 Å². The third-order valence-electron chi connectivity index (χ3n) is 1.95. The minimum atomic E-state index is -3.84. The first-order valence-corrected chi connectivity index (χ1v) is 6.08. The van der Waals surface area contributed by atoms with Crippen molar-refractivity contribution >= 4 is 10.0 Å². The standard InChI is InChI=1S/C9H13FN2O2S/c1-3-7(2)12-15(13,14)9-8(10)5-4-6-11-9/h4-7,12H,3H2,1-2H3. The van der Waals surface area contributed by atoms with Crippen LogP contribution in [0.15, 0.2) is 23.4 Å². The minimum Gasteiger partial charge on any atom is -0.241 e. The topological polar surface area (TPSA) is 59.1 Å². The van der Waals surface area contributed by atoms with Crippen LogP contribution in [0.2, 0.25) is 0 Å². The highest BCUT2D eigenvalue weighted by Gasteiger charge is 2.21. The minimum absolute atomic E-state index is 0.239. The molecular weight excluding hydrogens is 219 g/mol. The van der Waals surface area contributed by atoms with Crippen LogP contribution < -0.4 is 4.72 Å². The normalized spacial score (nSPS) is 13.8. The summed E-state index contributed by atoms with van der Waals surface area (Å²) in [6.07, 6.45) is 1.88. The Morgan fingerprint density at radius 2 is 2.27 bits per heavy atom. The smallest absolute Gasteiger partial charge is 0.241 e. The summed E-state index contributed by atoms with van der Waals surface area (Å²) in [6, 6.07) is 2.17. The zero-order valence-corrected chi connectivity index (χ0v) is 9.38. The van der Waals surface area contributed by atoms with Gasteiger partial charge in [0.2, 0.25) is 5.03 Å². The predicted octanol–water partition coefficient (Wildman–Crippen LogP) is 1.30. The SMILES string of the molecule is CCC(C)NS(=O)(=O)c1ncccc1F. The van der Waals surface area contributed by atoms with Gasteiger partial charge in [-0.25, -0.2) is 22.5 Å². The molecule has 0 fully saturated rings. The molecule has 0 aliphatic carbocycles. The Kier molecular flexibility index (Phi) is 3.76. The fraction of sp³-hybridized carbons (Fsp3) is 0.444. The van der Waals surface area contributed by atoms with Crippen LogP contribution in [0.4, 0.5) is 4.39 Å². The van der Waals surface area contributed by atoms with E-state index in [1.807, 2.05) is 6.92 Å². The first kappa shape index (κ1) is 12.1. The molecule has 1 N–H and O–H groups in total. The van der Waals surface area contributed by atoms with Crippen LogP contribution in [0.25, 0.3) is 0 Å². The maximum Gasteiger partial charge on any atom is 0.261 e. The predicted molar refractivity (Wildman–Crippen MR) is 54.3 cm³/mol. The number of halogens is 1. The van der Waals surface area contributed by atoms with Crippen LogP contribution in [0.1, 0.15) is 20.3 Å². The van der Waals surface area contributed by atoms with Crippen molar-refractivity contribution in [3.8, 4) is 0 Å². The molecule has 0 aromatic carbocycles. The zero-order valence-electron chi connectivity index (χ0n) is 8.57. The van der Waals surface area contributed by atoms with Crippen LogP contribution in [-0.4, -0.2) is 19.4 Å². The van der Waals surface area contributed by atoms with E-state index in [0.717, 1.165) is 6.07 Å². The highest BCUT2D eigenvalue weighted by atomic mass is 32.2. The Morgan fingerprint density at radius 1 is 1.60 bits per heavy atom. The summed E-state index contributed by atoms with van der Waals surface area (Å²) in [5, 5.41) is -0.551. The molecule has 84 valence electrons. The monoisotopic (exact) mass is 232 g/mol. The number of sulfonamides is 1. The summed E-state index contributed by atoms with van der Waals surface area (Å²) in [5.41, 5.74) is 0.